The first-order valence-corrected chi connectivity index (χ1v) is 7.21. The molecule has 0 heterocycles. The van der Waals surface area contributed by atoms with Crippen LogP contribution in [-0.4, -0.2) is 17.3 Å². The zero-order valence-corrected chi connectivity index (χ0v) is 12.0. The Morgan fingerprint density at radius 2 is 1.84 bits per heavy atom. The summed E-state index contributed by atoms with van der Waals surface area (Å²) in [6, 6.07) is 10.2. The summed E-state index contributed by atoms with van der Waals surface area (Å²) in [5.41, 5.74) is 7.88. The van der Waals surface area contributed by atoms with E-state index >= 15 is 0 Å². The van der Waals surface area contributed by atoms with Crippen molar-refractivity contribution in [1.29, 1.82) is 0 Å². The van der Waals surface area contributed by atoms with Crippen LogP contribution < -0.4 is 10.9 Å². The summed E-state index contributed by atoms with van der Waals surface area (Å²) in [7, 11) is 0. The molecule has 19 heavy (non-hydrogen) atoms. The Kier molecular flexibility index (Phi) is 2.88. The molecule has 4 atom stereocenters. The average molecular weight is 260 g/mol. The quantitative estimate of drug-likeness (QED) is 0.732. The second kappa shape index (κ2) is 4.22. The van der Waals surface area contributed by atoms with Crippen molar-refractivity contribution in [2.24, 2.45) is 16.7 Å². The highest BCUT2D eigenvalue weighted by molar-refractivity contribution is 5.41. The largest absolute Gasteiger partial charge is 0.391 e. The second-order valence-electron chi connectivity index (χ2n) is 6.89. The Morgan fingerprint density at radius 3 is 2.42 bits per heavy atom. The van der Waals surface area contributed by atoms with Gasteiger partial charge in [-0.25, -0.2) is 5.43 Å². The maximum absolute atomic E-state index is 10.6. The molecule has 0 saturated heterocycles. The van der Waals surface area contributed by atoms with Gasteiger partial charge < -0.3 is 10.5 Å². The van der Waals surface area contributed by atoms with Crippen LogP contribution in [0.15, 0.2) is 30.3 Å². The topological polar surface area (TPSA) is 44.3 Å². The molecule has 0 amide bonds. The molecule has 2 saturated carbocycles. The standard InChI is InChI=1S/C16H24N2O/c1-15(2)12-9-10-16(15,3)14(19)13(12)18-17-11-7-5-4-6-8-11/h4-8,12-14,17-19H,9-10H2,1-3H3. The third kappa shape index (κ3) is 1.72. The molecule has 3 nitrogen and oxygen atoms in total. The molecule has 2 aliphatic rings. The Hall–Kier alpha value is -1.06. The van der Waals surface area contributed by atoms with Gasteiger partial charge in [0.15, 0.2) is 0 Å². The lowest BCUT2D eigenvalue weighted by Crippen LogP contribution is -2.49. The van der Waals surface area contributed by atoms with Crippen molar-refractivity contribution in [2.75, 3.05) is 5.43 Å². The van der Waals surface area contributed by atoms with Gasteiger partial charge in [0, 0.05) is 11.1 Å². The first-order chi connectivity index (χ1) is 8.97. The first-order valence-electron chi connectivity index (χ1n) is 7.21. The number of aliphatic hydroxyl groups is 1. The zero-order chi connectivity index (χ0) is 13.7. The van der Waals surface area contributed by atoms with Gasteiger partial charge in [-0.3, -0.25) is 0 Å². The molecule has 0 radical (unpaired) electrons. The predicted octanol–water partition coefficient (Wildman–Crippen LogP) is 2.79. The van der Waals surface area contributed by atoms with E-state index in [-0.39, 0.29) is 23.0 Å². The number of aliphatic hydroxyl groups excluding tert-OH is 1. The smallest absolute Gasteiger partial charge is 0.0772 e. The number of hydrogen-bond acceptors (Lipinski definition) is 3. The minimum atomic E-state index is -0.280. The number of rotatable bonds is 3. The van der Waals surface area contributed by atoms with Crippen molar-refractivity contribution in [2.45, 2.75) is 45.8 Å². The van der Waals surface area contributed by atoms with E-state index in [9.17, 15) is 5.11 Å². The van der Waals surface area contributed by atoms with Crippen molar-refractivity contribution in [3.8, 4) is 0 Å². The summed E-state index contributed by atoms with van der Waals surface area (Å²) in [5.74, 6) is 0.531. The Morgan fingerprint density at radius 1 is 1.16 bits per heavy atom. The van der Waals surface area contributed by atoms with E-state index in [1.807, 2.05) is 30.3 Å². The first kappa shape index (κ1) is 12.9. The average Bonchev–Trinajstić information content (AvgIpc) is 2.70. The van der Waals surface area contributed by atoms with E-state index in [0.717, 1.165) is 12.1 Å². The van der Waals surface area contributed by atoms with E-state index in [2.05, 4.69) is 31.6 Å². The lowest BCUT2D eigenvalue weighted by molar-refractivity contribution is 0.00124. The summed E-state index contributed by atoms with van der Waals surface area (Å²) < 4.78 is 0. The van der Waals surface area contributed by atoms with Crippen molar-refractivity contribution in [3.05, 3.63) is 30.3 Å². The van der Waals surface area contributed by atoms with Gasteiger partial charge in [-0.15, -0.1) is 0 Å². The molecule has 3 N–H and O–H groups in total. The van der Waals surface area contributed by atoms with E-state index in [1.165, 1.54) is 6.42 Å². The zero-order valence-electron chi connectivity index (χ0n) is 12.0. The summed E-state index contributed by atoms with van der Waals surface area (Å²) in [4.78, 5) is 0. The maximum atomic E-state index is 10.6. The van der Waals surface area contributed by atoms with Gasteiger partial charge in [0.1, 0.15) is 0 Å². The summed E-state index contributed by atoms with van der Waals surface area (Å²) >= 11 is 0. The molecule has 3 rings (SSSR count). The van der Waals surface area contributed by atoms with Crippen molar-refractivity contribution < 1.29 is 5.11 Å². The maximum Gasteiger partial charge on any atom is 0.0772 e. The fraction of sp³-hybridized carbons (Fsp3) is 0.625. The summed E-state index contributed by atoms with van der Waals surface area (Å²) in [6.45, 7) is 6.85. The molecule has 2 fully saturated rings. The van der Waals surface area contributed by atoms with E-state index in [1.54, 1.807) is 0 Å². The lowest BCUT2D eigenvalue weighted by atomic mass is 9.70. The van der Waals surface area contributed by atoms with E-state index in [4.69, 9.17) is 0 Å². The SMILES string of the molecule is CC1(C)C2CCC1(C)C(O)C2NNc1ccccc1. The molecule has 104 valence electrons. The van der Waals surface area contributed by atoms with E-state index in [0.29, 0.717) is 5.92 Å². The van der Waals surface area contributed by atoms with Gasteiger partial charge in [-0.05, 0) is 36.3 Å². The number of fused-ring (bicyclic) bond motifs is 2. The molecule has 0 spiro atoms. The van der Waals surface area contributed by atoms with Crippen LogP contribution in [0.1, 0.15) is 33.6 Å². The number of hydrazine groups is 1. The number of para-hydroxylation sites is 1. The number of hydrogen-bond donors (Lipinski definition) is 3. The molecule has 1 aromatic rings. The minimum Gasteiger partial charge on any atom is -0.391 e. The third-order valence-corrected chi connectivity index (χ3v) is 5.96. The molecule has 2 bridgehead atoms. The molecule has 0 aromatic heterocycles. The Labute approximate surface area is 115 Å². The molecule has 4 unspecified atom stereocenters. The van der Waals surface area contributed by atoms with Crippen LogP contribution in [0.2, 0.25) is 0 Å². The lowest BCUT2D eigenvalue weighted by Gasteiger charge is -2.37. The highest BCUT2D eigenvalue weighted by Gasteiger charge is 2.65. The molecule has 2 aliphatic carbocycles. The van der Waals surface area contributed by atoms with Crippen molar-refractivity contribution >= 4 is 5.69 Å². The Balaban J connectivity index is 1.74. The van der Waals surface area contributed by atoms with Crippen molar-refractivity contribution in [3.63, 3.8) is 0 Å². The van der Waals surface area contributed by atoms with Crippen molar-refractivity contribution in [1.82, 2.24) is 5.43 Å². The third-order valence-electron chi connectivity index (χ3n) is 5.96. The van der Waals surface area contributed by atoms with Gasteiger partial charge in [0.2, 0.25) is 0 Å². The van der Waals surface area contributed by atoms with E-state index < -0.39 is 0 Å². The number of benzene rings is 1. The van der Waals surface area contributed by atoms with Crippen LogP contribution in [-0.2, 0) is 0 Å². The van der Waals surface area contributed by atoms with Crippen LogP contribution >= 0.6 is 0 Å². The van der Waals surface area contributed by atoms with Gasteiger partial charge >= 0.3 is 0 Å². The Bertz CT molecular complexity index is 459. The van der Waals surface area contributed by atoms with Crippen LogP contribution in [0, 0.1) is 16.7 Å². The molecule has 3 heteroatoms. The second-order valence-corrected chi connectivity index (χ2v) is 6.89. The fourth-order valence-corrected chi connectivity index (χ4v) is 4.20. The van der Waals surface area contributed by atoms with Gasteiger partial charge in [0.25, 0.3) is 0 Å². The van der Waals surface area contributed by atoms with Gasteiger partial charge in [-0.2, -0.15) is 0 Å². The predicted molar refractivity (Wildman–Crippen MR) is 77.6 cm³/mol. The van der Waals surface area contributed by atoms with Gasteiger partial charge in [-0.1, -0.05) is 39.0 Å². The molecular formula is C16H24N2O. The molecular weight excluding hydrogens is 236 g/mol. The van der Waals surface area contributed by atoms with Crippen LogP contribution in [0.4, 0.5) is 5.69 Å². The fourth-order valence-electron chi connectivity index (χ4n) is 4.20. The normalized spacial score (nSPS) is 39.5. The van der Waals surface area contributed by atoms with Gasteiger partial charge in [0.05, 0.1) is 12.1 Å². The molecule has 1 aromatic carbocycles. The van der Waals surface area contributed by atoms with Crippen LogP contribution in [0.5, 0.6) is 0 Å². The summed E-state index contributed by atoms with van der Waals surface area (Å²) in [6.07, 6.45) is 2.06. The van der Waals surface area contributed by atoms with Crippen LogP contribution in [0.3, 0.4) is 0 Å². The summed E-state index contributed by atoms with van der Waals surface area (Å²) in [5, 5.41) is 10.6. The number of nitrogens with one attached hydrogen (secondary N) is 2. The van der Waals surface area contributed by atoms with Crippen LogP contribution in [0.25, 0.3) is 0 Å². The molecule has 0 aliphatic heterocycles. The highest BCUT2D eigenvalue weighted by Crippen LogP contribution is 2.65. The minimum absolute atomic E-state index is 0.0354. The monoisotopic (exact) mass is 260 g/mol. The highest BCUT2D eigenvalue weighted by atomic mass is 16.3. The number of anilines is 1.